The van der Waals surface area contributed by atoms with Gasteiger partial charge in [-0.25, -0.2) is 0 Å². The van der Waals surface area contributed by atoms with E-state index in [2.05, 4.69) is 39.9 Å². The SMILES string of the molecule is CCCCCCNC(=O)c1ccc2c(c1)C(=C(Nc1ccc(CN(C)C)cc1)c1ccccc1)C(=O)N2. The second-order valence-electron chi connectivity index (χ2n) is 9.71. The van der Waals surface area contributed by atoms with Gasteiger partial charge in [0.15, 0.2) is 0 Å². The monoisotopic (exact) mass is 496 g/mol. The zero-order valence-corrected chi connectivity index (χ0v) is 21.9. The summed E-state index contributed by atoms with van der Waals surface area (Å²) in [6, 6.07) is 23.4. The highest BCUT2D eigenvalue weighted by Crippen LogP contribution is 2.38. The smallest absolute Gasteiger partial charge is 0.258 e. The minimum absolute atomic E-state index is 0.122. The number of benzene rings is 3. The first-order valence-electron chi connectivity index (χ1n) is 13.0. The number of hydrogen-bond donors (Lipinski definition) is 3. The summed E-state index contributed by atoms with van der Waals surface area (Å²) in [7, 11) is 4.09. The highest BCUT2D eigenvalue weighted by molar-refractivity contribution is 6.37. The molecule has 0 saturated heterocycles. The van der Waals surface area contributed by atoms with E-state index in [0.29, 0.717) is 29.1 Å². The molecule has 0 atom stereocenters. The van der Waals surface area contributed by atoms with E-state index < -0.39 is 0 Å². The lowest BCUT2D eigenvalue weighted by molar-refractivity contribution is -0.110. The molecule has 0 unspecified atom stereocenters. The molecule has 0 aliphatic carbocycles. The molecule has 3 N–H and O–H groups in total. The van der Waals surface area contributed by atoms with Gasteiger partial charge in [-0.1, -0.05) is 68.7 Å². The van der Waals surface area contributed by atoms with Crippen LogP contribution in [-0.2, 0) is 11.3 Å². The molecule has 0 fully saturated rings. The Labute approximate surface area is 219 Å². The molecule has 192 valence electrons. The fourth-order valence-electron chi connectivity index (χ4n) is 4.50. The van der Waals surface area contributed by atoms with E-state index in [0.717, 1.165) is 42.6 Å². The van der Waals surface area contributed by atoms with E-state index in [1.54, 1.807) is 6.07 Å². The maximum Gasteiger partial charge on any atom is 0.258 e. The van der Waals surface area contributed by atoms with Crippen molar-refractivity contribution >= 4 is 34.5 Å². The van der Waals surface area contributed by atoms with E-state index in [1.807, 2.05) is 68.7 Å². The van der Waals surface area contributed by atoms with E-state index in [-0.39, 0.29) is 11.8 Å². The summed E-state index contributed by atoms with van der Waals surface area (Å²) < 4.78 is 0. The summed E-state index contributed by atoms with van der Waals surface area (Å²) in [5, 5.41) is 9.48. The van der Waals surface area contributed by atoms with Crippen LogP contribution >= 0.6 is 0 Å². The number of fused-ring (bicyclic) bond motifs is 1. The molecule has 2 amide bonds. The number of hydrogen-bond acceptors (Lipinski definition) is 4. The summed E-state index contributed by atoms with van der Waals surface area (Å²) >= 11 is 0. The molecule has 1 aliphatic rings. The van der Waals surface area contributed by atoms with Gasteiger partial charge >= 0.3 is 0 Å². The van der Waals surface area contributed by atoms with Gasteiger partial charge in [0.05, 0.1) is 11.3 Å². The number of anilines is 2. The fourth-order valence-corrected chi connectivity index (χ4v) is 4.50. The van der Waals surface area contributed by atoms with Gasteiger partial charge in [0.25, 0.3) is 11.8 Å². The molecule has 0 spiro atoms. The Morgan fingerprint density at radius 1 is 0.892 bits per heavy atom. The Morgan fingerprint density at radius 2 is 1.65 bits per heavy atom. The third-order valence-electron chi connectivity index (χ3n) is 6.38. The summed E-state index contributed by atoms with van der Waals surface area (Å²) in [5.74, 6) is -0.314. The number of nitrogens with zero attached hydrogens (tertiary/aromatic N) is 1. The lowest BCUT2D eigenvalue weighted by Gasteiger charge is -2.16. The third kappa shape index (κ3) is 6.66. The standard InChI is InChI=1S/C31H36N4O2/c1-4-5-6-10-19-32-30(36)24-15-18-27-26(20-24)28(31(37)34-27)29(23-11-8-7-9-12-23)33-25-16-13-22(14-17-25)21-35(2)3/h7-9,11-18,20,33H,4-6,10,19,21H2,1-3H3,(H,32,36)(H,34,37). The van der Waals surface area contributed by atoms with Gasteiger partial charge in [0, 0.05) is 35.6 Å². The molecule has 0 aromatic heterocycles. The first kappa shape index (κ1) is 26.2. The molecular formula is C31H36N4O2. The minimum Gasteiger partial charge on any atom is -0.354 e. The van der Waals surface area contributed by atoms with Gasteiger partial charge in [-0.2, -0.15) is 0 Å². The van der Waals surface area contributed by atoms with Crippen molar-refractivity contribution < 1.29 is 9.59 Å². The molecule has 0 saturated carbocycles. The van der Waals surface area contributed by atoms with Crippen LogP contribution in [0.2, 0.25) is 0 Å². The van der Waals surface area contributed by atoms with Crippen LogP contribution in [0.4, 0.5) is 11.4 Å². The maximum absolute atomic E-state index is 13.3. The van der Waals surface area contributed by atoms with Crippen molar-refractivity contribution in [2.45, 2.75) is 39.2 Å². The molecule has 37 heavy (non-hydrogen) atoms. The Hall–Kier alpha value is -3.90. The average molecular weight is 497 g/mol. The zero-order valence-electron chi connectivity index (χ0n) is 21.9. The van der Waals surface area contributed by atoms with Crippen molar-refractivity contribution in [1.82, 2.24) is 10.2 Å². The maximum atomic E-state index is 13.3. The number of unbranched alkanes of at least 4 members (excludes halogenated alkanes) is 3. The van der Waals surface area contributed by atoms with Crippen molar-refractivity contribution in [3.63, 3.8) is 0 Å². The molecule has 4 rings (SSSR count). The topological polar surface area (TPSA) is 73.5 Å². The van der Waals surface area contributed by atoms with Crippen LogP contribution in [0.3, 0.4) is 0 Å². The minimum atomic E-state index is -0.192. The number of nitrogens with one attached hydrogen (secondary N) is 3. The number of carbonyl (C=O) groups excluding carboxylic acids is 2. The Bertz CT molecular complexity index is 1260. The molecule has 0 radical (unpaired) electrons. The van der Waals surface area contributed by atoms with Crippen LogP contribution in [0.1, 0.15) is 59.7 Å². The second kappa shape index (κ2) is 12.4. The summed E-state index contributed by atoms with van der Waals surface area (Å²) in [4.78, 5) is 28.2. The molecular weight excluding hydrogens is 460 g/mol. The molecule has 3 aromatic rings. The largest absolute Gasteiger partial charge is 0.354 e. The van der Waals surface area contributed by atoms with Crippen LogP contribution in [0.15, 0.2) is 72.8 Å². The number of rotatable bonds is 11. The van der Waals surface area contributed by atoms with E-state index >= 15 is 0 Å². The lowest BCUT2D eigenvalue weighted by Crippen LogP contribution is -2.24. The molecule has 0 bridgehead atoms. The number of amides is 2. The van der Waals surface area contributed by atoms with Crippen molar-refractivity contribution in [2.75, 3.05) is 31.3 Å². The Balaban J connectivity index is 1.67. The van der Waals surface area contributed by atoms with E-state index in [1.165, 1.54) is 12.0 Å². The van der Waals surface area contributed by atoms with E-state index in [9.17, 15) is 9.59 Å². The van der Waals surface area contributed by atoms with Crippen LogP contribution in [0.5, 0.6) is 0 Å². The highest BCUT2D eigenvalue weighted by atomic mass is 16.2. The molecule has 3 aromatic carbocycles. The van der Waals surface area contributed by atoms with Crippen molar-refractivity contribution in [2.24, 2.45) is 0 Å². The van der Waals surface area contributed by atoms with Crippen LogP contribution in [0.25, 0.3) is 11.3 Å². The summed E-state index contributed by atoms with van der Waals surface area (Å²) in [6.45, 7) is 3.67. The van der Waals surface area contributed by atoms with Crippen molar-refractivity contribution in [1.29, 1.82) is 0 Å². The third-order valence-corrected chi connectivity index (χ3v) is 6.38. The summed E-state index contributed by atoms with van der Waals surface area (Å²) in [5.41, 5.74) is 6.18. The normalized spacial score (nSPS) is 13.8. The molecule has 1 aliphatic heterocycles. The molecule has 6 heteroatoms. The summed E-state index contributed by atoms with van der Waals surface area (Å²) in [6.07, 6.45) is 4.40. The van der Waals surface area contributed by atoms with Gasteiger partial charge < -0.3 is 20.9 Å². The van der Waals surface area contributed by atoms with Crippen molar-refractivity contribution in [3.8, 4) is 0 Å². The van der Waals surface area contributed by atoms with Gasteiger partial charge in [0.2, 0.25) is 0 Å². The van der Waals surface area contributed by atoms with Gasteiger partial charge in [0.1, 0.15) is 0 Å². The molecule has 1 heterocycles. The second-order valence-corrected chi connectivity index (χ2v) is 9.71. The Kier molecular flexibility index (Phi) is 8.75. The lowest BCUT2D eigenvalue weighted by atomic mass is 9.98. The highest BCUT2D eigenvalue weighted by Gasteiger charge is 2.29. The van der Waals surface area contributed by atoms with Gasteiger partial charge in [-0.3, -0.25) is 9.59 Å². The first-order chi connectivity index (χ1) is 18.0. The van der Waals surface area contributed by atoms with Crippen LogP contribution in [0, 0.1) is 0 Å². The fraction of sp³-hybridized carbons (Fsp3) is 0.290. The molecule has 6 nitrogen and oxygen atoms in total. The van der Waals surface area contributed by atoms with E-state index in [4.69, 9.17) is 0 Å². The van der Waals surface area contributed by atoms with Crippen LogP contribution < -0.4 is 16.0 Å². The quantitative estimate of drug-likeness (QED) is 0.225. The predicted molar refractivity (Wildman–Crippen MR) is 152 cm³/mol. The van der Waals surface area contributed by atoms with Crippen molar-refractivity contribution in [3.05, 3.63) is 95.1 Å². The van der Waals surface area contributed by atoms with Gasteiger partial charge in [-0.15, -0.1) is 0 Å². The number of carbonyl (C=O) groups is 2. The predicted octanol–water partition coefficient (Wildman–Crippen LogP) is 5.99. The first-order valence-corrected chi connectivity index (χ1v) is 13.0. The Morgan fingerprint density at radius 3 is 2.35 bits per heavy atom. The zero-order chi connectivity index (χ0) is 26.2. The van der Waals surface area contributed by atoms with Crippen LogP contribution in [-0.4, -0.2) is 37.4 Å². The van der Waals surface area contributed by atoms with Gasteiger partial charge in [-0.05, 0) is 62.0 Å². The average Bonchev–Trinajstić information content (AvgIpc) is 3.23.